The van der Waals surface area contributed by atoms with Crippen molar-refractivity contribution in [3.8, 4) is 16.9 Å². The van der Waals surface area contributed by atoms with Crippen molar-refractivity contribution in [2.45, 2.75) is 44.8 Å². The van der Waals surface area contributed by atoms with Crippen molar-refractivity contribution in [2.24, 2.45) is 5.73 Å². The van der Waals surface area contributed by atoms with E-state index in [1.165, 1.54) is 0 Å². The monoisotopic (exact) mass is 529 g/mol. The van der Waals surface area contributed by atoms with Gasteiger partial charge in [0.15, 0.2) is 6.61 Å². The standard InChI is InChI=1S/C31H35N3O5/c1-2-38-29(35)21-39-26-16-12-23(13-17-26)20-33-30(36)28-9-6-18-34(28)31(37)27(32)19-22-10-14-25(15-11-22)24-7-4-3-5-8-24/h3-5,7-8,10-17,27-28H,2,6,9,18-21,32H2,1H3,(H,33,36)/t27-,28-/m0/s1. The molecular formula is C31H35N3O5. The molecule has 2 amide bonds. The number of likely N-dealkylation sites (tertiary alicyclic amines) is 1. The van der Waals surface area contributed by atoms with E-state index in [1.54, 1.807) is 24.0 Å². The summed E-state index contributed by atoms with van der Waals surface area (Å²) in [6.07, 6.45) is 1.77. The number of ether oxygens (including phenoxy) is 2. The highest BCUT2D eigenvalue weighted by atomic mass is 16.6. The molecule has 3 N–H and O–H groups in total. The average Bonchev–Trinajstić information content (AvgIpc) is 3.46. The van der Waals surface area contributed by atoms with Gasteiger partial charge in [-0.05, 0) is 60.6 Å². The number of hydrogen-bond acceptors (Lipinski definition) is 6. The van der Waals surface area contributed by atoms with Crippen molar-refractivity contribution in [1.29, 1.82) is 0 Å². The number of nitrogens with one attached hydrogen (secondary N) is 1. The third kappa shape index (κ3) is 7.67. The van der Waals surface area contributed by atoms with Gasteiger partial charge in [-0.15, -0.1) is 0 Å². The van der Waals surface area contributed by atoms with E-state index in [2.05, 4.69) is 17.4 Å². The summed E-state index contributed by atoms with van der Waals surface area (Å²) in [4.78, 5) is 39.2. The highest BCUT2D eigenvalue weighted by Crippen LogP contribution is 2.22. The molecule has 204 valence electrons. The van der Waals surface area contributed by atoms with Crippen LogP contribution in [0.3, 0.4) is 0 Å². The van der Waals surface area contributed by atoms with Gasteiger partial charge in [-0.25, -0.2) is 4.79 Å². The van der Waals surface area contributed by atoms with Crippen molar-refractivity contribution >= 4 is 17.8 Å². The van der Waals surface area contributed by atoms with Crippen LogP contribution < -0.4 is 15.8 Å². The molecule has 0 unspecified atom stereocenters. The molecule has 1 fully saturated rings. The molecule has 2 atom stereocenters. The fraction of sp³-hybridized carbons (Fsp3) is 0.323. The maximum Gasteiger partial charge on any atom is 0.344 e. The lowest BCUT2D eigenvalue weighted by molar-refractivity contribution is -0.145. The van der Waals surface area contributed by atoms with Crippen molar-refractivity contribution in [1.82, 2.24) is 10.2 Å². The minimum Gasteiger partial charge on any atom is -0.482 e. The fourth-order valence-electron chi connectivity index (χ4n) is 4.68. The second-order valence-corrected chi connectivity index (χ2v) is 9.52. The quantitative estimate of drug-likeness (QED) is 0.368. The number of esters is 1. The average molecular weight is 530 g/mol. The predicted octanol–water partition coefficient (Wildman–Crippen LogP) is 3.47. The molecule has 0 aliphatic carbocycles. The van der Waals surface area contributed by atoms with Gasteiger partial charge in [-0.1, -0.05) is 66.7 Å². The van der Waals surface area contributed by atoms with Crippen molar-refractivity contribution in [3.05, 3.63) is 90.0 Å². The molecule has 1 heterocycles. The first kappa shape index (κ1) is 27.9. The molecule has 1 aliphatic rings. The van der Waals surface area contributed by atoms with Crippen LogP contribution in [0.1, 0.15) is 30.9 Å². The van der Waals surface area contributed by atoms with Crippen LogP contribution in [0.2, 0.25) is 0 Å². The number of nitrogens with two attached hydrogens (primary N) is 1. The molecule has 0 radical (unpaired) electrons. The molecule has 39 heavy (non-hydrogen) atoms. The number of hydrogen-bond donors (Lipinski definition) is 2. The maximum absolute atomic E-state index is 13.2. The molecule has 0 saturated carbocycles. The van der Waals surface area contributed by atoms with Gasteiger partial charge >= 0.3 is 5.97 Å². The van der Waals surface area contributed by atoms with Gasteiger partial charge in [0.25, 0.3) is 0 Å². The largest absolute Gasteiger partial charge is 0.482 e. The van der Waals surface area contributed by atoms with Crippen LogP contribution in [0.4, 0.5) is 0 Å². The molecule has 0 spiro atoms. The summed E-state index contributed by atoms with van der Waals surface area (Å²) < 4.78 is 10.2. The first-order chi connectivity index (χ1) is 18.9. The van der Waals surface area contributed by atoms with Gasteiger partial charge in [0, 0.05) is 13.1 Å². The zero-order valence-electron chi connectivity index (χ0n) is 22.2. The summed E-state index contributed by atoms with van der Waals surface area (Å²) in [6, 6.07) is 24.0. The highest BCUT2D eigenvalue weighted by molar-refractivity contribution is 5.90. The van der Waals surface area contributed by atoms with E-state index in [0.29, 0.717) is 38.3 Å². The number of nitrogens with zero attached hydrogens (tertiary/aromatic N) is 1. The van der Waals surface area contributed by atoms with E-state index in [0.717, 1.165) is 28.7 Å². The fourth-order valence-corrected chi connectivity index (χ4v) is 4.68. The molecule has 1 aliphatic heterocycles. The van der Waals surface area contributed by atoms with Crippen molar-refractivity contribution < 1.29 is 23.9 Å². The summed E-state index contributed by atoms with van der Waals surface area (Å²) in [7, 11) is 0. The van der Waals surface area contributed by atoms with Gasteiger partial charge in [-0.2, -0.15) is 0 Å². The lowest BCUT2D eigenvalue weighted by Gasteiger charge is -2.27. The number of carbonyl (C=O) groups is 3. The number of rotatable bonds is 11. The molecule has 0 bridgehead atoms. The van der Waals surface area contributed by atoms with Gasteiger partial charge in [0.05, 0.1) is 12.6 Å². The Morgan fingerprint density at radius 3 is 2.31 bits per heavy atom. The van der Waals surface area contributed by atoms with Crippen LogP contribution in [0.25, 0.3) is 11.1 Å². The smallest absolute Gasteiger partial charge is 0.344 e. The molecular weight excluding hydrogens is 494 g/mol. The summed E-state index contributed by atoms with van der Waals surface area (Å²) in [6.45, 7) is 2.72. The van der Waals surface area contributed by atoms with Crippen LogP contribution in [0, 0.1) is 0 Å². The second kappa shape index (κ2) is 13.6. The zero-order valence-corrected chi connectivity index (χ0v) is 22.2. The van der Waals surface area contributed by atoms with Crippen molar-refractivity contribution in [3.63, 3.8) is 0 Å². The molecule has 4 rings (SSSR count). The number of benzene rings is 3. The van der Waals surface area contributed by atoms with Crippen LogP contribution >= 0.6 is 0 Å². The Morgan fingerprint density at radius 2 is 1.62 bits per heavy atom. The molecule has 1 saturated heterocycles. The Balaban J connectivity index is 1.27. The van der Waals surface area contributed by atoms with Crippen molar-refractivity contribution in [2.75, 3.05) is 19.8 Å². The van der Waals surface area contributed by atoms with E-state index in [4.69, 9.17) is 15.2 Å². The molecule has 8 nitrogen and oxygen atoms in total. The second-order valence-electron chi connectivity index (χ2n) is 9.52. The first-order valence-corrected chi connectivity index (χ1v) is 13.3. The van der Waals surface area contributed by atoms with E-state index in [-0.39, 0.29) is 18.4 Å². The van der Waals surface area contributed by atoms with Crippen LogP contribution in [0.15, 0.2) is 78.9 Å². The lowest BCUT2D eigenvalue weighted by atomic mass is 10.0. The third-order valence-electron chi connectivity index (χ3n) is 6.72. The predicted molar refractivity (Wildman–Crippen MR) is 149 cm³/mol. The number of carbonyl (C=O) groups excluding carboxylic acids is 3. The highest BCUT2D eigenvalue weighted by Gasteiger charge is 2.36. The Hall–Kier alpha value is -4.17. The summed E-state index contributed by atoms with van der Waals surface area (Å²) in [5, 5.41) is 2.93. The van der Waals surface area contributed by atoms with E-state index < -0.39 is 18.1 Å². The Kier molecular flexibility index (Phi) is 9.69. The summed E-state index contributed by atoms with van der Waals surface area (Å²) in [5.41, 5.74) is 10.4. The van der Waals surface area contributed by atoms with Gasteiger partial charge in [-0.3, -0.25) is 9.59 Å². The van der Waals surface area contributed by atoms with E-state index in [1.807, 2.05) is 54.6 Å². The minimum absolute atomic E-state index is 0.156. The minimum atomic E-state index is -0.719. The molecule has 0 aromatic heterocycles. The zero-order chi connectivity index (χ0) is 27.6. The van der Waals surface area contributed by atoms with Crippen LogP contribution in [-0.4, -0.2) is 54.5 Å². The number of amides is 2. The topological polar surface area (TPSA) is 111 Å². The van der Waals surface area contributed by atoms with Gasteiger partial charge in [0.2, 0.25) is 11.8 Å². The van der Waals surface area contributed by atoms with Gasteiger partial charge in [0.1, 0.15) is 11.8 Å². The maximum atomic E-state index is 13.2. The normalized spacial score (nSPS) is 15.4. The summed E-state index contributed by atoms with van der Waals surface area (Å²) >= 11 is 0. The lowest BCUT2D eigenvalue weighted by Crippen LogP contribution is -2.51. The molecule has 3 aromatic rings. The Bertz CT molecular complexity index is 1250. The Morgan fingerprint density at radius 1 is 0.949 bits per heavy atom. The van der Waals surface area contributed by atoms with Gasteiger partial charge < -0.3 is 25.4 Å². The van der Waals surface area contributed by atoms with Crippen LogP contribution in [-0.2, 0) is 32.1 Å². The SMILES string of the molecule is CCOC(=O)COc1ccc(CNC(=O)[C@@H]2CCCN2C(=O)[C@@H](N)Cc2ccc(-c3ccccc3)cc2)cc1. The molecule has 8 heteroatoms. The summed E-state index contributed by atoms with van der Waals surface area (Å²) in [5.74, 6) is -0.287. The van der Waals surface area contributed by atoms with Crippen LogP contribution in [0.5, 0.6) is 5.75 Å². The Labute approximate surface area is 229 Å². The third-order valence-corrected chi connectivity index (χ3v) is 6.72. The van der Waals surface area contributed by atoms with E-state index in [9.17, 15) is 14.4 Å². The van der Waals surface area contributed by atoms with E-state index >= 15 is 0 Å². The molecule has 3 aromatic carbocycles. The first-order valence-electron chi connectivity index (χ1n) is 13.3.